The molecule has 32 heavy (non-hydrogen) atoms. The van der Waals surface area contributed by atoms with Crippen molar-refractivity contribution >= 4 is 17.1 Å². The summed E-state index contributed by atoms with van der Waals surface area (Å²) in [6.07, 6.45) is 8.70. The summed E-state index contributed by atoms with van der Waals surface area (Å²) in [6, 6.07) is 13.4. The molecule has 3 aliphatic rings. The van der Waals surface area contributed by atoms with Gasteiger partial charge in [-0.25, -0.2) is 4.52 Å². The quantitative estimate of drug-likeness (QED) is 0.689. The van der Waals surface area contributed by atoms with E-state index in [-0.39, 0.29) is 0 Å². The number of benzene rings is 1. The van der Waals surface area contributed by atoms with E-state index in [4.69, 9.17) is 0 Å². The van der Waals surface area contributed by atoms with Crippen LogP contribution in [0.1, 0.15) is 37.2 Å². The lowest BCUT2D eigenvalue weighted by atomic mass is 9.91. The zero-order valence-corrected chi connectivity index (χ0v) is 18.5. The van der Waals surface area contributed by atoms with Crippen molar-refractivity contribution in [2.24, 2.45) is 5.92 Å². The average Bonchev–Trinajstić information content (AvgIpc) is 3.62. The van der Waals surface area contributed by atoms with Gasteiger partial charge in [-0.1, -0.05) is 24.3 Å². The first-order valence-corrected chi connectivity index (χ1v) is 12.1. The fourth-order valence-corrected chi connectivity index (χ4v) is 5.27. The Morgan fingerprint density at radius 2 is 1.78 bits per heavy atom. The summed E-state index contributed by atoms with van der Waals surface area (Å²) in [4.78, 5) is 16.8. The topological polar surface area (TPSA) is 52.9 Å². The Morgan fingerprint density at radius 3 is 2.50 bits per heavy atom. The first kappa shape index (κ1) is 19.8. The molecule has 3 fully saturated rings. The number of piperidine rings is 1. The van der Waals surface area contributed by atoms with Gasteiger partial charge in [-0.2, -0.15) is 5.10 Å². The second-order valence-electron chi connectivity index (χ2n) is 9.53. The van der Waals surface area contributed by atoms with Crippen molar-refractivity contribution in [3.8, 4) is 11.1 Å². The second-order valence-corrected chi connectivity index (χ2v) is 9.53. The molecule has 6 heteroatoms. The summed E-state index contributed by atoms with van der Waals surface area (Å²) in [5, 5.41) is 8.08. The first-order valence-electron chi connectivity index (χ1n) is 12.1. The van der Waals surface area contributed by atoms with Gasteiger partial charge in [0.2, 0.25) is 5.91 Å². The monoisotopic (exact) mass is 429 g/mol. The Balaban J connectivity index is 1.21. The molecule has 6 rings (SSSR count). The van der Waals surface area contributed by atoms with Gasteiger partial charge < -0.3 is 15.1 Å². The smallest absolute Gasteiger partial charge is 0.225 e. The Morgan fingerprint density at radius 1 is 0.969 bits per heavy atom. The number of hydrogen-bond donors (Lipinski definition) is 1. The average molecular weight is 430 g/mol. The summed E-state index contributed by atoms with van der Waals surface area (Å²) in [5.74, 6) is 1.30. The third kappa shape index (κ3) is 3.77. The molecule has 0 bridgehead atoms. The highest BCUT2D eigenvalue weighted by molar-refractivity contribution is 5.82. The molecule has 2 saturated heterocycles. The van der Waals surface area contributed by atoms with Crippen LogP contribution in [-0.2, 0) is 4.79 Å². The summed E-state index contributed by atoms with van der Waals surface area (Å²) < 4.78 is 1.99. The standard InChI is InChI=1S/C26H31N5O/c32-26(21-7-8-21)30-14-12-29(13-15-30)24-9-11-28-31-18-23(16-25(24)31)20-5-3-19(4-6-20)22-2-1-10-27-17-22/h3-6,9,11,16,18,21-22,27H,1-2,7-8,10,12-15,17H2. The molecule has 1 N–H and O–H groups in total. The van der Waals surface area contributed by atoms with E-state index in [0.717, 1.165) is 57.6 Å². The number of fused-ring (bicyclic) bond motifs is 1. The van der Waals surface area contributed by atoms with Gasteiger partial charge in [0.05, 0.1) is 11.2 Å². The molecule has 2 aliphatic heterocycles. The third-order valence-corrected chi connectivity index (χ3v) is 7.36. The molecule has 3 aromatic rings. The van der Waals surface area contributed by atoms with Gasteiger partial charge in [0.15, 0.2) is 0 Å². The number of carbonyl (C=O) groups is 1. The van der Waals surface area contributed by atoms with Crippen molar-refractivity contribution in [2.75, 3.05) is 44.2 Å². The van der Waals surface area contributed by atoms with Gasteiger partial charge in [-0.15, -0.1) is 0 Å². The maximum atomic E-state index is 12.4. The number of nitrogens with zero attached hydrogens (tertiary/aromatic N) is 4. The molecule has 1 saturated carbocycles. The maximum absolute atomic E-state index is 12.4. The predicted molar refractivity (Wildman–Crippen MR) is 127 cm³/mol. The minimum absolute atomic E-state index is 0.308. The number of carbonyl (C=O) groups excluding carboxylic acids is 1. The lowest BCUT2D eigenvalue weighted by molar-refractivity contribution is -0.132. The summed E-state index contributed by atoms with van der Waals surface area (Å²) in [7, 11) is 0. The van der Waals surface area contributed by atoms with E-state index < -0.39 is 0 Å². The molecule has 2 aromatic heterocycles. The number of anilines is 1. The van der Waals surface area contributed by atoms with E-state index >= 15 is 0 Å². The third-order valence-electron chi connectivity index (χ3n) is 7.36. The fourth-order valence-electron chi connectivity index (χ4n) is 5.27. The minimum atomic E-state index is 0.308. The second kappa shape index (κ2) is 8.24. The SMILES string of the molecule is O=C(C1CC1)N1CCN(c2ccnn3cc(-c4ccc(C5CCCNC5)cc4)cc23)CC1. The fraction of sp³-hybridized carbons (Fsp3) is 0.462. The van der Waals surface area contributed by atoms with Crippen LogP contribution in [0.15, 0.2) is 48.8 Å². The van der Waals surface area contributed by atoms with Gasteiger partial charge in [0.25, 0.3) is 0 Å². The summed E-state index contributed by atoms with van der Waals surface area (Å²) in [6.45, 7) is 5.62. The van der Waals surface area contributed by atoms with E-state index in [1.54, 1.807) is 0 Å². The van der Waals surface area contributed by atoms with Crippen LogP contribution < -0.4 is 10.2 Å². The van der Waals surface area contributed by atoms with Crippen molar-refractivity contribution in [3.63, 3.8) is 0 Å². The van der Waals surface area contributed by atoms with E-state index in [9.17, 15) is 4.79 Å². The summed E-state index contributed by atoms with van der Waals surface area (Å²) in [5.41, 5.74) is 6.19. The normalized spacial score (nSPS) is 21.8. The van der Waals surface area contributed by atoms with E-state index in [2.05, 4.69) is 62.8 Å². The molecule has 0 spiro atoms. The van der Waals surface area contributed by atoms with Crippen LogP contribution in [0.4, 0.5) is 5.69 Å². The van der Waals surface area contributed by atoms with Crippen LogP contribution in [0.2, 0.25) is 0 Å². The number of aromatic nitrogens is 2. The molecule has 1 unspecified atom stereocenters. The molecular weight excluding hydrogens is 398 g/mol. The van der Waals surface area contributed by atoms with Crippen LogP contribution in [0.5, 0.6) is 0 Å². The zero-order valence-electron chi connectivity index (χ0n) is 18.5. The van der Waals surface area contributed by atoms with E-state index in [0.29, 0.717) is 17.7 Å². The van der Waals surface area contributed by atoms with E-state index in [1.807, 2.05) is 10.7 Å². The number of amides is 1. The van der Waals surface area contributed by atoms with Gasteiger partial charge in [-0.05, 0) is 61.4 Å². The van der Waals surface area contributed by atoms with Gasteiger partial charge >= 0.3 is 0 Å². The lowest BCUT2D eigenvalue weighted by Gasteiger charge is -2.36. The van der Waals surface area contributed by atoms with Gasteiger partial charge in [0.1, 0.15) is 0 Å². The predicted octanol–water partition coefficient (Wildman–Crippen LogP) is 3.53. The first-order chi connectivity index (χ1) is 15.8. The van der Waals surface area contributed by atoms with Crippen molar-refractivity contribution in [1.29, 1.82) is 0 Å². The largest absolute Gasteiger partial charge is 0.366 e. The number of rotatable bonds is 4. The van der Waals surface area contributed by atoms with Crippen LogP contribution in [-0.4, -0.2) is 59.7 Å². The number of hydrogen-bond acceptors (Lipinski definition) is 4. The maximum Gasteiger partial charge on any atom is 0.225 e. The highest BCUT2D eigenvalue weighted by atomic mass is 16.2. The molecular formula is C26H31N5O. The number of nitrogens with one attached hydrogen (secondary N) is 1. The molecule has 0 radical (unpaired) electrons. The van der Waals surface area contributed by atoms with Gasteiger partial charge in [0, 0.05) is 56.6 Å². The molecule has 4 heterocycles. The zero-order chi connectivity index (χ0) is 21.5. The van der Waals surface area contributed by atoms with Crippen molar-refractivity contribution in [2.45, 2.75) is 31.6 Å². The Bertz CT molecular complexity index is 1100. The highest BCUT2D eigenvalue weighted by Gasteiger charge is 2.34. The van der Waals surface area contributed by atoms with Crippen molar-refractivity contribution in [3.05, 3.63) is 54.4 Å². The molecule has 1 atom stereocenters. The highest BCUT2D eigenvalue weighted by Crippen LogP contribution is 2.33. The minimum Gasteiger partial charge on any atom is -0.366 e. The molecule has 1 aliphatic carbocycles. The molecule has 166 valence electrons. The van der Waals surface area contributed by atoms with Crippen molar-refractivity contribution in [1.82, 2.24) is 19.8 Å². The molecule has 1 amide bonds. The lowest BCUT2D eigenvalue weighted by Crippen LogP contribution is -2.49. The van der Waals surface area contributed by atoms with Gasteiger partial charge in [-0.3, -0.25) is 4.79 Å². The summed E-state index contributed by atoms with van der Waals surface area (Å²) >= 11 is 0. The van der Waals surface area contributed by atoms with Crippen molar-refractivity contribution < 1.29 is 4.79 Å². The van der Waals surface area contributed by atoms with Crippen LogP contribution >= 0.6 is 0 Å². The Hall–Kier alpha value is -2.86. The van der Waals surface area contributed by atoms with Crippen LogP contribution in [0.3, 0.4) is 0 Å². The Kier molecular flexibility index (Phi) is 5.10. The van der Waals surface area contributed by atoms with Crippen LogP contribution in [0.25, 0.3) is 16.6 Å². The van der Waals surface area contributed by atoms with Crippen LogP contribution in [0, 0.1) is 5.92 Å². The van der Waals surface area contributed by atoms with E-state index in [1.165, 1.54) is 35.2 Å². The Labute approximate surface area is 189 Å². The number of piperazine rings is 1. The molecule has 1 aromatic carbocycles. The molecule has 6 nitrogen and oxygen atoms in total.